The van der Waals surface area contributed by atoms with Crippen molar-refractivity contribution < 1.29 is 8.78 Å². The Hall–Kier alpha value is -1.63. The van der Waals surface area contributed by atoms with Gasteiger partial charge in [0.05, 0.1) is 11.6 Å². The van der Waals surface area contributed by atoms with Crippen molar-refractivity contribution >= 4 is 5.69 Å². The lowest BCUT2D eigenvalue weighted by Crippen LogP contribution is -2.06. The summed E-state index contributed by atoms with van der Waals surface area (Å²) >= 11 is 0. The van der Waals surface area contributed by atoms with Gasteiger partial charge in [0.2, 0.25) is 0 Å². The van der Waals surface area contributed by atoms with E-state index in [9.17, 15) is 8.78 Å². The van der Waals surface area contributed by atoms with Gasteiger partial charge in [-0.25, -0.2) is 8.78 Å². The molecular weight excluding hydrogens is 246 g/mol. The van der Waals surface area contributed by atoms with Gasteiger partial charge >= 0.3 is 0 Å². The van der Waals surface area contributed by atoms with Crippen LogP contribution in [-0.4, -0.2) is 6.54 Å². The van der Waals surface area contributed by atoms with Crippen molar-refractivity contribution in [2.24, 2.45) is 0 Å². The highest BCUT2D eigenvalue weighted by Gasteiger charge is 2.10. The molecule has 4 heteroatoms. The van der Waals surface area contributed by atoms with Gasteiger partial charge < -0.3 is 5.32 Å². The summed E-state index contributed by atoms with van der Waals surface area (Å²) < 4.78 is 27.0. The van der Waals surface area contributed by atoms with Crippen molar-refractivity contribution in [1.82, 2.24) is 0 Å². The van der Waals surface area contributed by atoms with E-state index in [1.54, 1.807) is 6.07 Å². The quantitative estimate of drug-likeness (QED) is 0.697. The summed E-state index contributed by atoms with van der Waals surface area (Å²) in [6.07, 6.45) is 6.78. The van der Waals surface area contributed by atoms with Gasteiger partial charge in [-0.05, 0) is 18.6 Å². The standard InChI is InChI=1S/C15H20F2N2/c1-2-3-4-5-6-7-8-19-15-13(16)9-12(11-18)10-14(15)17/h9-10,19H,2-8H2,1H3. The maximum Gasteiger partial charge on any atom is 0.150 e. The second kappa shape index (κ2) is 8.47. The number of halogens is 2. The van der Waals surface area contributed by atoms with E-state index in [4.69, 9.17) is 5.26 Å². The van der Waals surface area contributed by atoms with Crippen LogP contribution in [0, 0.1) is 23.0 Å². The molecule has 1 rings (SSSR count). The van der Waals surface area contributed by atoms with Crippen LogP contribution in [0.1, 0.15) is 51.0 Å². The fourth-order valence-electron chi connectivity index (χ4n) is 1.93. The number of unbranched alkanes of at least 4 members (excludes halogenated alkanes) is 5. The Labute approximate surface area is 113 Å². The topological polar surface area (TPSA) is 35.8 Å². The zero-order chi connectivity index (χ0) is 14.1. The first-order valence-electron chi connectivity index (χ1n) is 6.82. The number of nitrogens with zero attached hydrogens (tertiary/aromatic N) is 1. The zero-order valence-electron chi connectivity index (χ0n) is 11.3. The molecule has 1 aromatic rings. The third-order valence-electron chi connectivity index (χ3n) is 3.00. The average Bonchev–Trinajstić information content (AvgIpc) is 2.40. The summed E-state index contributed by atoms with van der Waals surface area (Å²) in [7, 11) is 0. The molecule has 0 unspecified atom stereocenters. The fraction of sp³-hybridized carbons (Fsp3) is 0.533. The molecule has 0 saturated carbocycles. The van der Waals surface area contributed by atoms with E-state index in [2.05, 4.69) is 12.2 Å². The molecule has 104 valence electrons. The lowest BCUT2D eigenvalue weighted by atomic mass is 10.1. The van der Waals surface area contributed by atoms with Crippen molar-refractivity contribution in [1.29, 1.82) is 5.26 Å². The van der Waals surface area contributed by atoms with E-state index >= 15 is 0 Å². The van der Waals surface area contributed by atoms with Crippen LogP contribution in [0.25, 0.3) is 0 Å². The van der Waals surface area contributed by atoms with Crippen molar-refractivity contribution in [3.05, 3.63) is 29.3 Å². The van der Waals surface area contributed by atoms with E-state index in [0.717, 1.165) is 31.4 Å². The number of hydrogen-bond donors (Lipinski definition) is 1. The van der Waals surface area contributed by atoms with Gasteiger partial charge in [-0.3, -0.25) is 0 Å². The molecule has 0 bridgehead atoms. The maximum absolute atomic E-state index is 13.5. The number of rotatable bonds is 8. The summed E-state index contributed by atoms with van der Waals surface area (Å²) in [6, 6.07) is 3.82. The Morgan fingerprint density at radius 3 is 2.21 bits per heavy atom. The minimum Gasteiger partial charge on any atom is -0.380 e. The van der Waals surface area contributed by atoms with Crippen molar-refractivity contribution in [2.75, 3.05) is 11.9 Å². The van der Waals surface area contributed by atoms with Crippen molar-refractivity contribution in [3.63, 3.8) is 0 Å². The van der Waals surface area contributed by atoms with Crippen LogP contribution < -0.4 is 5.32 Å². The van der Waals surface area contributed by atoms with Crippen LogP contribution >= 0.6 is 0 Å². The highest BCUT2D eigenvalue weighted by Crippen LogP contribution is 2.20. The number of nitrogens with one attached hydrogen (secondary N) is 1. The van der Waals surface area contributed by atoms with E-state index < -0.39 is 11.6 Å². The summed E-state index contributed by atoms with van der Waals surface area (Å²) in [5, 5.41) is 11.4. The lowest BCUT2D eigenvalue weighted by Gasteiger charge is -2.09. The molecule has 0 spiro atoms. The maximum atomic E-state index is 13.5. The first-order chi connectivity index (χ1) is 9.19. The zero-order valence-corrected chi connectivity index (χ0v) is 11.3. The minimum absolute atomic E-state index is 0.000107. The molecular formula is C15H20F2N2. The number of hydrogen-bond acceptors (Lipinski definition) is 2. The third kappa shape index (κ3) is 5.25. The molecule has 0 radical (unpaired) electrons. The normalized spacial score (nSPS) is 10.2. The third-order valence-corrected chi connectivity index (χ3v) is 3.00. The van der Waals surface area contributed by atoms with Gasteiger partial charge in [0, 0.05) is 6.54 Å². The van der Waals surface area contributed by atoms with Crippen LogP contribution in [0.15, 0.2) is 12.1 Å². The molecule has 0 amide bonds. The van der Waals surface area contributed by atoms with Crippen LogP contribution in [0.3, 0.4) is 0 Å². The van der Waals surface area contributed by atoms with Gasteiger partial charge in [-0.15, -0.1) is 0 Å². The smallest absolute Gasteiger partial charge is 0.150 e. The molecule has 0 aliphatic carbocycles. The van der Waals surface area contributed by atoms with Gasteiger partial charge in [0.1, 0.15) is 5.69 Å². The highest BCUT2D eigenvalue weighted by atomic mass is 19.1. The van der Waals surface area contributed by atoms with Gasteiger partial charge in [-0.2, -0.15) is 5.26 Å². The molecule has 0 aromatic heterocycles. The van der Waals surface area contributed by atoms with Crippen molar-refractivity contribution in [2.45, 2.75) is 45.4 Å². The second-order valence-electron chi connectivity index (χ2n) is 4.62. The fourth-order valence-corrected chi connectivity index (χ4v) is 1.93. The highest BCUT2D eigenvalue weighted by molar-refractivity contribution is 5.50. The van der Waals surface area contributed by atoms with Gasteiger partial charge in [0.25, 0.3) is 0 Å². The largest absolute Gasteiger partial charge is 0.380 e. The summed E-state index contributed by atoms with van der Waals surface area (Å²) in [4.78, 5) is 0. The Kier molecular flexibility index (Phi) is 6.88. The van der Waals surface area contributed by atoms with Crippen LogP contribution in [0.5, 0.6) is 0 Å². The molecule has 0 aliphatic heterocycles. The molecule has 0 heterocycles. The Morgan fingerprint density at radius 1 is 1.05 bits per heavy atom. The van der Waals surface area contributed by atoms with Gasteiger partial charge in [-0.1, -0.05) is 39.0 Å². The van der Waals surface area contributed by atoms with E-state index in [-0.39, 0.29) is 11.3 Å². The Bertz CT molecular complexity index is 415. The molecule has 1 aromatic carbocycles. The summed E-state index contributed by atoms with van der Waals surface area (Å²) in [5.74, 6) is -1.41. The number of nitriles is 1. The summed E-state index contributed by atoms with van der Waals surface area (Å²) in [5.41, 5.74) is -0.132. The average molecular weight is 266 g/mol. The minimum atomic E-state index is -0.706. The van der Waals surface area contributed by atoms with Crippen LogP contribution in [0.2, 0.25) is 0 Å². The molecule has 19 heavy (non-hydrogen) atoms. The Balaban J connectivity index is 2.36. The molecule has 1 N–H and O–H groups in total. The molecule has 0 atom stereocenters. The molecule has 0 fully saturated rings. The number of benzene rings is 1. The molecule has 0 aliphatic rings. The monoisotopic (exact) mass is 266 g/mol. The Morgan fingerprint density at radius 2 is 1.63 bits per heavy atom. The van der Waals surface area contributed by atoms with E-state index in [0.29, 0.717) is 6.54 Å². The first kappa shape index (κ1) is 15.4. The predicted octanol–water partition coefficient (Wildman–Crippen LogP) is 4.61. The van der Waals surface area contributed by atoms with E-state index in [1.807, 2.05) is 0 Å². The SMILES string of the molecule is CCCCCCCCNc1c(F)cc(C#N)cc1F. The number of anilines is 1. The lowest BCUT2D eigenvalue weighted by molar-refractivity contribution is 0.582. The summed E-state index contributed by atoms with van der Waals surface area (Å²) in [6.45, 7) is 2.71. The van der Waals surface area contributed by atoms with E-state index in [1.165, 1.54) is 19.3 Å². The van der Waals surface area contributed by atoms with Crippen LogP contribution in [-0.2, 0) is 0 Å². The van der Waals surface area contributed by atoms with Gasteiger partial charge in [0.15, 0.2) is 11.6 Å². The molecule has 2 nitrogen and oxygen atoms in total. The van der Waals surface area contributed by atoms with Crippen molar-refractivity contribution in [3.8, 4) is 6.07 Å². The second-order valence-corrected chi connectivity index (χ2v) is 4.62. The van der Waals surface area contributed by atoms with Crippen LogP contribution in [0.4, 0.5) is 14.5 Å². The predicted molar refractivity (Wildman–Crippen MR) is 72.9 cm³/mol. The first-order valence-corrected chi connectivity index (χ1v) is 6.82. The molecule has 0 saturated heterocycles.